The van der Waals surface area contributed by atoms with E-state index in [2.05, 4.69) is 10.1 Å². The molecule has 0 bridgehead atoms. The Bertz CT molecular complexity index is 1170. The molecule has 2 saturated heterocycles. The first kappa shape index (κ1) is 19.2. The Balaban J connectivity index is 1.51. The van der Waals surface area contributed by atoms with Crippen molar-refractivity contribution in [2.75, 3.05) is 26.2 Å². The van der Waals surface area contributed by atoms with Crippen LogP contribution in [0.2, 0.25) is 0 Å². The van der Waals surface area contributed by atoms with Crippen LogP contribution in [0.5, 0.6) is 0 Å². The summed E-state index contributed by atoms with van der Waals surface area (Å²) in [5.74, 6) is -2.29. The van der Waals surface area contributed by atoms with Gasteiger partial charge in [-0.2, -0.15) is 5.10 Å². The Labute approximate surface area is 175 Å². The lowest BCUT2D eigenvalue weighted by molar-refractivity contribution is 0.0611. The predicted octanol–water partition coefficient (Wildman–Crippen LogP) is 2.49. The van der Waals surface area contributed by atoms with Crippen LogP contribution in [-0.2, 0) is 4.74 Å². The molecule has 0 radical (unpaired) electrons. The van der Waals surface area contributed by atoms with E-state index < -0.39 is 11.6 Å². The van der Waals surface area contributed by atoms with Crippen molar-refractivity contribution in [3.63, 3.8) is 0 Å². The van der Waals surface area contributed by atoms with Gasteiger partial charge in [0.25, 0.3) is 5.91 Å². The molecule has 2 amide bonds. The van der Waals surface area contributed by atoms with Crippen molar-refractivity contribution in [2.24, 2.45) is 0 Å². The summed E-state index contributed by atoms with van der Waals surface area (Å²) in [5.41, 5.74) is 1.69. The Morgan fingerprint density at radius 3 is 2.65 bits per heavy atom. The van der Waals surface area contributed by atoms with Gasteiger partial charge in [0.05, 0.1) is 17.4 Å². The lowest BCUT2D eigenvalue weighted by atomic mass is 10.1. The van der Waals surface area contributed by atoms with Crippen LogP contribution in [0.15, 0.2) is 48.8 Å². The van der Waals surface area contributed by atoms with Crippen molar-refractivity contribution < 1.29 is 23.1 Å². The van der Waals surface area contributed by atoms with E-state index in [0.717, 1.165) is 12.1 Å². The van der Waals surface area contributed by atoms with Gasteiger partial charge in [-0.15, -0.1) is 0 Å². The average Bonchev–Trinajstić information content (AvgIpc) is 3.40. The van der Waals surface area contributed by atoms with Gasteiger partial charge in [-0.1, -0.05) is 0 Å². The molecule has 0 saturated carbocycles. The maximum atomic E-state index is 13.9. The molecular weight excluding hydrogens is 408 g/mol. The highest BCUT2D eigenvalue weighted by Gasteiger charge is 2.39. The second-order valence-corrected chi connectivity index (χ2v) is 7.34. The number of cyclic esters (lactones) is 1. The van der Waals surface area contributed by atoms with Crippen LogP contribution in [0.4, 0.5) is 13.6 Å². The number of benzene rings is 1. The fraction of sp³-hybridized carbons (Fsp3) is 0.238. The van der Waals surface area contributed by atoms with Crippen LogP contribution in [0.25, 0.3) is 16.9 Å². The molecule has 1 atom stereocenters. The number of pyridine rings is 1. The van der Waals surface area contributed by atoms with Crippen molar-refractivity contribution in [1.82, 2.24) is 24.6 Å². The van der Waals surface area contributed by atoms with Crippen molar-refractivity contribution in [3.8, 4) is 16.9 Å². The molecule has 8 nitrogen and oxygen atoms in total. The van der Waals surface area contributed by atoms with Gasteiger partial charge in [-0.3, -0.25) is 14.7 Å². The molecule has 3 aromatic rings. The number of hydrogen-bond acceptors (Lipinski definition) is 5. The lowest BCUT2D eigenvalue weighted by Crippen LogP contribution is -2.53. The van der Waals surface area contributed by atoms with Gasteiger partial charge in [0, 0.05) is 43.7 Å². The molecule has 1 aromatic carbocycles. The molecule has 31 heavy (non-hydrogen) atoms. The first-order valence-electron chi connectivity index (χ1n) is 9.70. The first-order valence-corrected chi connectivity index (χ1v) is 9.70. The number of amides is 2. The fourth-order valence-corrected chi connectivity index (χ4v) is 3.86. The predicted molar refractivity (Wildman–Crippen MR) is 104 cm³/mol. The van der Waals surface area contributed by atoms with E-state index in [-0.39, 0.29) is 36.0 Å². The van der Waals surface area contributed by atoms with Crippen LogP contribution in [0.1, 0.15) is 10.5 Å². The number of halogens is 2. The summed E-state index contributed by atoms with van der Waals surface area (Å²) >= 11 is 0. The van der Waals surface area contributed by atoms with Crippen molar-refractivity contribution in [3.05, 3.63) is 66.1 Å². The van der Waals surface area contributed by atoms with Gasteiger partial charge in [0.15, 0.2) is 17.3 Å². The van der Waals surface area contributed by atoms with E-state index in [0.29, 0.717) is 30.9 Å². The van der Waals surface area contributed by atoms with E-state index in [9.17, 15) is 18.4 Å². The Kier molecular flexibility index (Phi) is 4.61. The number of carbonyl (C=O) groups excluding carboxylic acids is 2. The third kappa shape index (κ3) is 3.39. The first-order chi connectivity index (χ1) is 15.0. The Hall–Kier alpha value is -3.82. The van der Waals surface area contributed by atoms with Gasteiger partial charge in [0.1, 0.15) is 6.61 Å². The third-order valence-electron chi connectivity index (χ3n) is 5.46. The molecule has 0 N–H and O–H groups in total. The third-order valence-corrected chi connectivity index (χ3v) is 5.46. The minimum atomic E-state index is -1.01. The number of fused-ring (bicyclic) bond motifs is 1. The summed E-state index contributed by atoms with van der Waals surface area (Å²) in [5, 5.41) is 4.41. The number of nitrogens with zero attached hydrogens (tertiary/aromatic N) is 5. The molecule has 4 heterocycles. The van der Waals surface area contributed by atoms with E-state index in [4.69, 9.17) is 4.74 Å². The molecule has 2 aliphatic heterocycles. The second kappa shape index (κ2) is 7.46. The van der Waals surface area contributed by atoms with E-state index >= 15 is 0 Å². The van der Waals surface area contributed by atoms with Crippen LogP contribution in [0.3, 0.4) is 0 Å². The SMILES string of the molecule is O=C(c1cc(-c2ccncc2)n(-c2ccc(F)c(F)c2)n1)N1CCN2C(=O)OCC2C1. The van der Waals surface area contributed by atoms with Gasteiger partial charge in [-0.05, 0) is 30.3 Å². The van der Waals surface area contributed by atoms with E-state index in [1.165, 1.54) is 10.7 Å². The maximum absolute atomic E-state index is 13.9. The standard InChI is InChI=1S/C21H17F2N5O3/c22-16-2-1-14(9-17(16)23)28-19(13-3-5-24-6-4-13)10-18(25-28)20(29)26-7-8-27-15(11-26)12-31-21(27)30/h1-6,9-10,15H,7-8,11-12H2. The van der Waals surface area contributed by atoms with Crippen LogP contribution in [0, 0.1) is 11.6 Å². The Morgan fingerprint density at radius 1 is 1.06 bits per heavy atom. The summed E-state index contributed by atoms with van der Waals surface area (Å²) in [6.07, 6.45) is 2.82. The molecule has 5 rings (SSSR count). The molecule has 1 unspecified atom stereocenters. The zero-order chi connectivity index (χ0) is 21.5. The van der Waals surface area contributed by atoms with Gasteiger partial charge >= 0.3 is 6.09 Å². The highest BCUT2D eigenvalue weighted by molar-refractivity contribution is 5.94. The minimum absolute atomic E-state index is 0.162. The summed E-state index contributed by atoms with van der Waals surface area (Å²) < 4.78 is 33.8. The molecule has 0 spiro atoms. The monoisotopic (exact) mass is 425 g/mol. The van der Waals surface area contributed by atoms with Crippen LogP contribution >= 0.6 is 0 Å². The number of hydrogen-bond donors (Lipinski definition) is 0. The molecule has 2 fully saturated rings. The van der Waals surface area contributed by atoms with Gasteiger partial charge in [0.2, 0.25) is 0 Å². The van der Waals surface area contributed by atoms with Crippen molar-refractivity contribution >= 4 is 12.0 Å². The zero-order valence-electron chi connectivity index (χ0n) is 16.2. The number of rotatable bonds is 3. The smallest absolute Gasteiger partial charge is 0.410 e. The summed E-state index contributed by atoms with van der Waals surface area (Å²) in [6.45, 7) is 1.32. The van der Waals surface area contributed by atoms with Gasteiger partial charge < -0.3 is 9.64 Å². The van der Waals surface area contributed by atoms with Gasteiger partial charge in [-0.25, -0.2) is 18.3 Å². The highest BCUT2D eigenvalue weighted by Crippen LogP contribution is 2.26. The molecule has 10 heteroatoms. The summed E-state index contributed by atoms with van der Waals surface area (Å²) in [7, 11) is 0. The van der Waals surface area contributed by atoms with E-state index in [1.54, 1.807) is 40.4 Å². The summed E-state index contributed by atoms with van der Waals surface area (Å²) in [6, 6.07) is 8.34. The van der Waals surface area contributed by atoms with E-state index in [1.807, 2.05) is 0 Å². The maximum Gasteiger partial charge on any atom is 0.410 e. The minimum Gasteiger partial charge on any atom is -0.447 e. The number of carbonyl (C=O) groups is 2. The van der Waals surface area contributed by atoms with Crippen molar-refractivity contribution in [1.29, 1.82) is 0 Å². The molecule has 2 aliphatic rings. The Morgan fingerprint density at radius 2 is 1.87 bits per heavy atom. The normalized spacial score (nSPS) is 18.1. The summed E-state index contributed by atoms with van der Waals surface area (Å²) in [4.78, 5) is 32.1. The quantitative estimate of drug-likeness (QED) is 0.644. The second-order valence-electron chi connectivity index (χ2n) is 7.34. The number of piperazine rings is 1. The fourth-order valence-electron chi connectivity index (χ4n) is 3.86. The zero-order valence-corrected chi connectivity index (χ0v) is 16.2. The van der Waals surface area contributed by atoms with Crippen LogP contribution < -0.4 is 0 Å². The molecular formula is C21H17F2N5O3. The largest absolute Gasteiger partial charge is 0.447 e. The highest BCUT2D eigenvalue weighted by atomic mass is 19.2. The number of aromatic nitrogens is 3. The van der Waals surface area contributed by atoms with Crippen molar-refractivity contribution in [2.45, 2.75) is 6.04 Å². The molecule has 158 valence electrons. The van der Waals surface area contributed by atoms with Crippen LogP contribution in [-0.4, -0.2) is 68.8 Å². The topological polar surface area (TPSA) is 80.6 Å². The molecule has 2 aromatic heterocycles. The lowest BCUT2D eigenvalue weighted by Gasteiger charge is -2.34. The number of ether oxygens (including phenoxy) is 1. The average molecular weight is 425 g/mol. The molecule has 0 aliphatic carbocycles.